The fourth-order valence-electron chi connectivity index (χ4n) is 2.26. The quantitative estimate of drug-likeness (QED) is 0.838. The van der Waals surface area contributed by atoms with Crippen molar-refractivity contribution in [3.8, 4) is 0 Å². The van der Waals surface area contributed by atoms with Crippen LogP contribution in [0.2, 0.25) is 0 Å². The van der Waals surface area contributed by atoms with Gasteiger partial charge in [-0.15, -0.1) is 0 Å². The number of aryl methyl sites for hydroxylation is 1. The predicted molar refractivity (Wildman–Crippen MR) is 69.4 cm³/mol. The molecule has 0 aliphatic heterocycles. The van der Waals surface area contributed by atoms with Crippen LogP contribution in [0.3, 0.4) is 0 Å². The summed E-state index contributed by atoms with van der Waals surface area (Å²) in [6, 6.07) is 7.73. The number of hydrogen-bond donors (Lipinski definition) is 1. The molecule has 1 aromatic carbocycles. The van der Waals surface area contributed by atoms with Crippen LogP contribution < -0.4 is 0 Å². The van der Waals surface area contributed by atoms with E-state index in [9.17, 15) is 9.90 Å². The summed E-state index contributed by atoms with van der Waals surface area (Å²) in [5.41, 5.74) is 1.81. The number of rotatable bonds is 4. The smallest absolute Gasteiger partial charge is 0.311 e. The number of nitrogens with zero attached hydrogens (tertiary/aromatic N) is 2. The van der Waals surface area contributed by atoms with Crippen LogP contribution in [0.1, 0.15) is 17.9 Å². The number of carbonyl (C=O) groups is 1. The second-order valence-corrected chi connectivity index (χ2v) is 4.27. The highest BCUT2D eigenvalue weighted by Crippen LogP contribution is 2.29. The van der Waals surface area contributed by atoms with Crippen LogP contribution in [0.25, 0.3) is 15.7 Å². The molecule has 0 aliphatic rings. The number of fused-ring (bicyclic) bond motifs is 1. The lowest BCUT2D eigenvalue weighted by molar-refractivity contribution is -0.138. The maximum Gasteiger partial charge on any atom is 0.311 e. The first-order chi connectivity index (χ1) is 8.65. The molecule has 2 aromatic rings. The number of carboxylic acid groups (broad SMARTS) is 1. The van der Waals surface area contributed by atoms with Gasteiger partial charge in [0.05, 0.1) is 5.92 Å². The Kier molecular flexibility index (Phi) is 3.33. The molecule has 1 heterocycles. The fraction of sp³-hybridized carbons (Fsp3) is 0.286. The molecule has 1 N–H and O–H groups in total. The van der Waals surface area contributed by atoms with Gasteiger partial charge in [-0.2, -0.15) is 0 Å². The molecule has 1 atom stereocenters. The van der Waals surface area contributed by atoms with Gasteiger partial charge in [-0.3, -0.25) is 4.79 Å². The number of hydrogen-bond acceptors (Lipinski definition) is 1. The molecular weight excluding hydrogens is 228 g/mol. The maximum atomic E-state index is 11.3. The van der Waals surface area contributed by atoms with Crippen LogP contribution in [0, 0.1) is 6.57 Å². The number of aromatic nitrogens is 1. The summed E-state index contributed by atoms with van der Waals surface area (Å²) < 4.78 is 1.93. The van der Waals surface area contributed by atoms with Crippen LogP contribution in [0.15, 0.2) is 30.5 Å². The normalized spacial score (nSPS) is 12.2. The van der Waals surface area contributed by atoms with Crippen molar-refractivity contribution in [3.63, 3.8) is 0 Å². The van der Waals surface area contributed by atoms with Crippen molar-refractivity contribution in [1.29, 1.82) is 0 Å². The Labute approximate surface area is 105 Å². The van der Waals surface area contributed by atoms with E-state index in [1.54, 1.807) is 0 Å². The third-order valence-corrected chi connectivity index (χ3v) is 3.13. The lowest BCUT2D eigenvalue weighted by Crippen LogP contribution is -2.12. The largest absolute Gasteiger partial charge is 0.481 e. The van der Waals surface area contributed by atoms with Crippen LogP contribution in [0.4, 0.5) is 0 Å². The Morgan fingerprint density at radius 1 is 1.50 bits per heavy atom. The molecule has 4 nitrogen and oxygen atoms in total. The highest BCUT2D eigenvalue weighted by Gasteiger charge is 2.24. The molecule has 0 radical (unpaired) electrons. The summed E-state index contributed by atoms with van der Waals surface area (Å²) in [6.45, 7) is 7.03. The molecule has 0 aliphatic carbocycles. The van der Waals surface area contributed by atoms with Gasteiger partial charge in [0.2, 0.25) is 6.54 Å². The van der Waals surface area contributed by atoms with E-state index < -0.39 is 11.9 Å². The molecule has 92 valence electrons. The summed E-state index contributed by atoms with van der Waals surface area (Å²) in [5, 5.41) is 10.3. The van der Waals surface area contributed by atoms with E-state index >= 15 is 0 Å². The van der Waals surface area contributed by atoms with Gasteiger partial charge in [0, 0.05) is 30.6 Å². The van der Waals surface area contributed by atoms with Crippen LogP contribution in [0.5, 0.6) is 0 Å². The van der Waals surface area contributed by atoms with Gasteiger partial charge in [0.1, 0.15) is 0 Å². The van der Waals surface area contributed by atoms with Crippen molar-refractivity contribution in [2.24, 2.45) is 7.05 Å². The van der Waals surface area contributed by atoms with Crippen molar-refractivity contribution in [2.75, 3.05) is 6.54 Å². The van der Waals surface area contributed by atoms with Crippen LogP contribution in [-0.2, 0) is 11.8 Å². The minimum Gasteiger partial charge on any atom is -0.481 e. The average Bonchev–Trinajstić information content (AvgIpc) is 2.68. The Bertz CT molecular complexity index is 622. The van der Waals surface area contributed by atoms with Crippen molar-refractivity contribution in [1.82, 2.24) is 4.57 Å². The van der Waals surface area contributed by atoms with E-state index in [-0.39, 0.29) is 6.54 Å². The van der Waals surface area contributed by atoms with Crippen LogP contribution in [-0.4, -0.2) is 22.2 Å². The molecule has 2 rings (SSSR count). The standard InChI is InChI=1S/C14H14N2O2/c1-15-8-7-11(14(17)18)12-9-16(2)13-6-4-3-5-10(12)13/h3-6,9,11H,7-8H2,2H3,(H,17,18). The van der Waals surface area contributed by atoms with Crippen molar-refractivity contribution in [3.05, 3.63) is 47.4 Å². The van der Waals surface area contributed by atoms with E-state index in [1.165, 1.54) is 0 Å². The monoisotopic (exact) mass is 242 g/mol. The zero-order valence-corrected chi connectivity index (χ0v) is 10.1. The number of para-hydroxylation sites is 1. The zero-order chi connectivity index (χ0) is 13.1. The summed E-state index contributed by atoms with van der Waals surface area (Å²) in [4.78, 5) is 14.6. The third kappa shape index (κ3) is 2.07. The van der Waals surface area contributed by atoms with Crippen molar-refractivity contribution < 1.29 is 9.90 Å². The lowest BCUT2D eigenvalue weighted by atomic mass is 9.95. The minimum absolute atomic E-state index is 0.236. The van der Waals surface area contributed by atoms with Crippen molar-refractivity contribution >= 4 is 16.9 Å². The molecule has 0 saturated heterocycles. The summed E-state index contributed by atoms with van der Waals surface area (Å²) >= 11 is 0. The van der Waals surface area contributed by atoms with Gasteiger partial charge in [0.15, 0.2) is 0 Å². The number of benzene rings is 1. The van der Waals surface area contributed by atoms with Gasteiger partial charge < -0.3 is 14.5 Å². The highest BCUT2D eigenvalue weighted by atomic mass is 16.4. The summed E-state index contributed by atoms with van der Waals surface area (Å²) in [5.74, 6) is -1.47. The van der Waals surface area contributed by atoms with Gasteiger partial charge in [-0.1, -0.05) is 18.2 Å². The maximum absolute atomic E-state index is 11.3. The molecule has 0 spiro atoms. The fourth-order valence-corrected chi connectivity index (χ4v) is 2.26. The Balaban J connectivity index is 2.51. The second-order valence-electron chi connectivity index (χ2n) is 4.27. The van der Waals surface area contributed by atoms with E-state index in [4.69, 9.17) is 6.57 Å². The van der Waals surface area contributed by atoms with Crippen molar-refractivity contribution in [2.45, 2.75) is 12.3 Å². The summed E-state index contributed by atoms with van der Waals surface area (Å²) in [6.07, 6.45) is 2.21. The molecule has 1 unspecified atom stereocenters. The predicted octanol–water partition coefficient (Wildman–Crippen LogP) is 2.66. The minimum atomic E-state index is -0.866. The van der Waals surface area contributed by atoms with E-state index in [2.05, 4.69) is 4.85 Å². The van der Waals surface area contributed by atoms with Gasteiger partial charge in [-0.05, 0) is 11.6 Å². The Hall–Kier alpha value is -2.28. The first kappa shape index (κ1) is 12.2. The molecule has 0 fully saturated rings. The number of carboxylic acids is 1. The molecule has 0 amide bonds. The first-order valence-corrected chi connectivity index (χ1v) is 5.75. The molecule has 4 heteroatoms. The molecule has 0 saturated carbocycles. The first-order valence-electron chi connectivity index (χ1n) is 5.75. The van der Waals surface area contributed by atoms with Gasteiger partial charge in [-0.25, -0.2) is 6.57 Å². The topological polar surface area (TPSA) is 46.6 Å². The Morgan fingerprint density at radius 3 is 2.89 bits per heavy atom. The Morgan fingerprint density at radius 2 is 2.22 bits per heavy atom. The van der Waals surface area contributed by atoms with E-state index in [0.29, 0.717) is 6.42 Å². The summed E-state index contributed by atoms with van der Waals surface area (Å²) in [7, 11) is 1.90. The van der Waals surface area contributed by atoms with E-state index in [0.717, 1.165) is 16.5 Å². The average molecular weight is 242 g/mol. The second kappa shape index (κ2) is 4.92. The zero-order valence-electron chi connectivity index (χ0n) is 10.1. The van der Waals surface area contributed by atoms with E-state index in [1.807, 2.05) is 42.1 Å². The van der Waals surface area contributed by atoms with Gasteiger partial charge in [0.25, 0.3) is 0 Å². The molecular formula is C14H14N2O2. The van der Waals surface area contributed by atoms with Gasteiger partial charge >= 0.3 is 5.97 Å². The molecule has 1 aromatic heterocycles. The number of aliphatic carboxylic acids is 1. The van der Waals surface area contributed by atoms with Crippen LogP contribution >= 0.6 is 0 Å². The highest BCUT2D eigenvalue weighted by molar-refractivity contribution is 5.89. The third-order valence-electron chi connectivity index (χ3n) is 3.13. The molecule has 0 bridgehead atoms. The lowest BCUT2D eigenvalue weighted by Gasteiger charge is -2.07. The SMILES string of the molecule is [C-]#[N+]CCC(C(=O)O)c1cn(C)c2ccccc12. The molecule has 18 heavy (non-hydrogen) atoms.